The molecule has 0 amide bonds. The van der Waals surface area contributed by atoms with Gasteiger partial charge in [-0.1, -0.05) is 36.4 Å². The summed E-state index contributed by atoms with van der Waals surface area (Å²) in [6.07, 6.45) is 0. The van der Waals surface area contributed by atoms with E-state index in [1.54, 1.807) is 0 Å². The van der Waals surface area contributed by atoms with Crippen molar-refractivity contribution < 1.29 is 0 Å². The number of para-hydroxylation sites is 2. The summed E-state index contributed by atoms with van der Waals surface area (Å²) in [6, 6.07) is 16.5. The van der Waals surface area contributed by atoms with Gasteiger partial charge in [-0.3, -0.25) is 0 Å². The van der Waals surface area contributed by atoms with Gasteiger partial charge in [0.2, 0.25) is 0 Å². The molecule has 0 aliphatic carbocycles. The normalized spacial score (nSPS) is 10.9. The highest BCUT2D eigenvalue weighted by molar-refractivity contribution is 5.90. The molecule has 0 fully saturated rings. The van der Waals surface area contributed by atoms with Crippen LogP contribution in [0.2, 0.25) is 0 Å². The molecule has 0 saturated carbocycles. The van der Waals surface area contributed by atoms with Gasteiger partial charge in [-0.05, 0) is 12.1 Å². The van der Waals surface area contributed by atoms with E-state index in [4.69, 9.17) is 0 Å². The molecule has 2 heteroatoms. The molecule has 2 aromatic rings. The summed E-state index contributed by atoms with van der Waals surface area (Å²) in [6.45, 7) is 0. The van der Waals surface area contributed by atoms with Gasteiger partial charge >= 0.3 is 23.1 Å². The number of hydrogen-bond acceptors (Lipinski definition) is 0. The van der Waals surface area contributed by atoms with Crippen molar-refractivity contribution >= 4 is 34.4 Å². The van der Waals surface area contributed by atoms with Crippen molar-refractivity contribution in [2.24, 2.45) is 0 Å². The molecule has 65 valence electrons. The van der Waals surface area contributed by atoms with Crippen LogP contribution in [0, 0.1) is 0 Å². The third kappa shape index (κ3) is 1.31. The van der Waals surface area contributed by atoms with Crippen LogP contribution in [0.25, 0.3) is 11.1 Å². The number of hydrogen-bond donors (Lipinski definition) is 0. The van der Waals surface area contributed by atoms with E-state index in [-0.39, 0.29) is 23.1 Å². The van der Waals surface area contributed by atoms with E-state index in [0.717, 1.165) is 11.4 Å². The minimum atomic E-state index is 0. The van der Waals surface area contributed by atoms with Crippen molar-refractivity contribution in [3.05, 3.63) is 48.5 Å². The Kier molecular flexibility index (Phi) is 2.48. The van der Waals surface area contributed by atoms with Crippen LogP contribution in [-0.4, -0.2) is 23.1 Å². The van der Waals surface area contributed by atoms with Crippen molar-refractivity contribution in [1.82, 2.24) is 5.32 Å². The lowest BCUT2D eigenvalue weighted by Gasteiger charge is -1.95. The summed E-state index contributed by atoms with van der Waals surface area (Å²) in [7, 11) is 0. The van der Waals surface area contributed by atoms with Crippen LogP contribution < -0.4 is 5.32 Å². The SMILES string of the molecule is [MgH2].c1ccc2c(c1)[N]c1ccccc1-2. The summed E-state index contributed by atoms with van der Waals surface area (Å²) in [5.74, 6) is 0. The van der Waals surface area contributed by atoms with Crippen LogP contribution in [0.3, 0.4) is 0 Å². The highest BCUT2D eigenvalue weighted by atomic mass is 24.3. The van der Waals surface area contributed by atoms with Crippen molar-refractivity contribution in [2.75, 3.05) is 0 Å². The van der Waals surface area contributed by atoms with E-state index in [1.807, 2.05) is 12.1 Å². The second-order valence-corrected chi connectivity index (χ2v) is 3.15. The molecule has 0 spiro atoms. The minimum Gasteiger partial charge on any atom is -0.248 e. The Morgan fingerprint density at radius 3 is 1.57 bits per heavy atom. The highest BCUT2D eigenvalue weighted by Crippen LogP contribution is 2.41. The van der Waals surface area contributed by atoms with Crippen molar-refractivity contribution in [3.63, 3.8) is 0 Å². The quantitative estimate of drug-likeness (QED) is 0.486. The van der Waals surface area contributed by atoms with Crippen LogP contribution in [-0.2, 0) is 0 Å². The molecule has 0 bridgehead atoms. The standard InChI is InChI=1S/C12H8N.Mg.2H/c1-3-7-11-9(5-1)10-6-2-4-8-12(10)13-11;;;/h1-8H;;;. The van der Waals surface area contributed by atoms with Crippen LogP contribution in [0.1, 0.15) is 0 Å². The zero-order chi connectivity index (χ0) is 8.67. The van der Waals surface area contributed by atoms with E-state index in [1.165, 1.54) is 11.1 Å². The fourth-order valence-electron chi connectivity index (χ4n) is 1.73. The van der Waals surface area contributed by atoms with Crippen molar-refractivity contribution in [2.45, 2.75) is 0 Å². The predicted octanol–water partition coefficient (Wildman–Crippen LogP) is 2.32. The summed E-state index contributed by atoms with van der Waals surface area (Å²) in [5, 5.41) is 4.52. The zero-order valence-electron chi connectivity index (χ0n) is 7.07. The Bertz CT molecular complexity index is 422. The summed E-state index contributed by atoms with van der Waals surface area (Å²) >= 11 is 0. The van der Waals surface area contributed by atoms with E-state index >= 15 is 0 Å². The van der Waals surface area contributed by atoms with E-state index in [0.29, 0.717) is 0 Å². The topological polar surface area (TPSA) is 14.1 Å². The van der Waals surface area contributed by atoms with Gasteiger partial charge in [0.25, 0.3) is 0 Å². The van der Waals surface area contributed by atoms with Crippen molar-refractivity contribution in [1.29, 1.82) is 0 Å². The number of rotatable bonds is 0. The fourth-order valence-corrected chi connectivity index (χ4v) is 1.73. The van der Waals surface area contributed by atoms with Crippen LogP contribution in [0.5, 0.6) is 0 Å². The Morgan fingerprint density at radius 2 is 1.07 bits per heavy atom. The molecule has 0 N–H and O–H groups in total. The molecule has 1 aliphatic heterocycles. The van der Waals surface area contributed by atoms with E-state index in [2.05, 4.69) is 41.7 Å². The molecule has 0 unspecified atom stereocenters. The second-order valence-electron chi connectivity index (χ2n) is 3.15. The first-order valence-electron chi connectivity index (χ1n) is 4.35. The first kappa shape index (κ1) is 9.56. The molecule has 0 aromatic heterocycles. The second kappa shape index (κ2) is 3.63. The van der Waals surface area contributed by atoms with Gasteiger partial charge in [-0.15, -0.1) is 0 Å². The average Bonchev–Trinajstić information content (AvgIpc) is 2.56. The summed E-state index contributed by atoms with van der Waals surface area (Å²) < 4.78 is 0. The first-order valence-corrected chi connectivity index (χ1v) is 4.35. The third-order valence-corrected chi connectivity index (χ3v) is 2.34. The maximum absolute atomic E-state index is 4.52. The molecule has 14 heavy (non-hydrogen) atoms. The average molecular weight is 193 g/mol. The lowest BCUT2D eigenvalue weighted by molar-refractivity contribution is 1.24. The summed E-state index contributed by atoms with van der Waals surface area (Å²) in [5.41, 5.74) is 4.67. The highest BCUT2D eigenvalue weighted by Gasteiger charge is 2.17. The Morgan fingerprint density at radius 1 is 0.643 bits per heavy atom. The Hall–Kier alpha value is -0.994. The molecule has 0 atom stereocenters. The van der Waals surface area contributed by atoms with Gasteiger partial charge in [-0.2, -0.15) is 0 Å². The molecule has 1 heterocycles. The Labute approximate surface area is 99.3 Å². The smallest absolute Gasteiger partial charge is 0.248 e. The van der Waals surface area contributed by atoms with Gasteiger partial charge in [0.05, 0.1) is 11.4 Å². The maximum Gasteiger partial charge on any atom is 0.316 e. The van der Waals surface area contributed by atoms with Gasteiger partial charge in [-0.25, -0.2) is 5.32 Å². The van der Waals surface area contributed by atoms with Crippen LogP contribution in [0.15, 0.2) is 48.5 Å². The number of benzene rings is 2. The monoisotopic (exact) mass is 192 g/mol. The molecule has 3 rings (SSSR count). The van der Waals surface area contributed by atoms with Gasteiger partial charge in [0, 0.05) is 11.1 Å². The lowest BCUT2D eigenvalue weighted by atomic mass is 10.1. The molecular weight excluding hydrogens is 182 g/mol. The van der Waals surface area contributed by atoms with E-state index in [9.17, 15) is 0 Å². The Balaban J connectivity index is 0.000000750. The van der Waals surface area contributed by atoms with E-state index < -0.39 is 0 Å². The molecule has 2 aromatic carbocycles. The first-order chi connectivity index (χ1) is 6.45. The molecule has 0 saturated heterocycles. The molecule has 1 aliphatic rings. The van der Waals surface area contributed by atoms with Gasteiger partial charge in [0.15, 0.2) is 0 Å². The molecular formula is C12H10MgN. The minimum absolute atomic E-state index is 0. The maximum atomic E-state index is 4.52. The van der Waals surface area contributed by atoms with Crippen LogP contribution in [0.4, 0.5) is 11.4 Å². The predicted molar refractivity (Wildman–Crippen MR) is 61.9 cm³/mol. The van der Waals surface area contributed by atoms with Crippen LogP contribution >= 0.6 is 0 Å². The number of fused-ring (bicyclic) bond motifs is 3. The largest absolute Gasteiger partial charge is 0.316 e. The number of nitrogens with zero attached hydrogens (tertiary/aromatic N) is 1. The lowest BCUT2D eigenvalue weighted by Crippen LogP contribution is -1.79. The summed E-state index contributed by atoms with van der Waals surface area (Å²) in [4.78, 5) is 0. The fraction of sp³-hybridized carbons (Fsp3) is 0. The van der Waals surface area contributed by atoms with Gasteiger partial charge in [0.1, 0.15) is 0 Å². The third-order valence-electron chi connectivity index (χ3n) is 2.34. The van der Waals surface area contributed by atoms with Gasteiger partial charge < -0.3 is 0 Å². The molecule has 1 nitrogen and oxygen atoms in total. The van der Waals surface area contributed by atoms with Crippen molar-refractivity contribution in [3.8, 4) is 11.1 Å². The molecule has 1 radical (unpaired) electrons. The zero-order valence-corrected chi connectivity index (χ0v) is 7.07.